The molecule has 29 heavy (non-hydrogen) atoms. The fourth-order valence-corrected chi connectivity index (χ4v) is 2.72. The van der Waals surface area contributed by atoms with Crippen molar-refractivity contribution < 1.29 is 4.74 Å². The monoisotopic (exact) mass is 393 g/mol. The molecule has 1 N–H and O–H groups in total. The maximum atomic E-state index is 5.86. The summed E-state index contributed by atoms with van der Waals surface area (Å²) in [6.07, 6.45) is 6.01. The molecule has 3 rings (SSSR count). The number of aliphatic imine (C=N–C) groups is 1. The second-order valence-electron chi connectivity index (χ2n) is 6.91. The van der Waals surface area contributed by atoms with Gasteiger partial charge in [-0.25, -0.2) is 9.67 Å². The van der Waals surface area contributed by atoms with E-state index >= 15 is 0 Å². The summed E-state index contributed by atoms with van der Waals surface area (Å²) in [5.74, 6) is 2.00. The van der Waals surface area contributed by atoms with Gasteiger partial charge in [-0.2, -0.15) is 4.98 Å². The number of aromatic nitrogens is 4. The summed E-state index contributed by atoms with van der Waals surface area (Å²) in [6.45, 7) is 2.26. The number of hydrogen-bond acceptors (Lipinski definition) is 7. The van der Waals surface area contributed by atoms with Crippen molar-refractivity contribution >= 4 is 18.1 Å². The molecule has 8 heteroatoms. The molecule has 2 aromatic heterocycles. The Balaban J connectivity index is 1.43. The second kappa shape index (κ2) is 10.3. The van der Waals surface area contributed by atoms with E-state index in [1.165, 1.54) is 5.56 Å². The van der Waals surface area contributed by atoms with Crippen LogP contribution in [-0.4, -0.2) is 58.1 Å². The first-order chi connectivity index (χ1) is 14.1. The van der Waals surface area contributed by atoms with E-state index in [9.17, 15) is 0 Å². The van der Waals surface area contributed by atoms with Gasteiger partial charge in [0.2, 0.25) is 5.95 Å². The molecule has 1 aromatic carbocycles. The van der Waals surface area contributed by atoms with E-state index in [-0.39, 0.29) is 0 Å². The second-order valence-corrected chi connectivity index (χ2v) is 6.91. The van der Waals surface area contributed by atoms with E-state index in [2.05, 4.69) is 56.5 Å². The highest BCUT2D eigenvalue weighted by Gasteiger charge is 2.05. The van der Waals surface area contributed by atoms with Crippen LogP contribution in [0.2, 0.25) is 0 Å². The topological polar surface area (TPSA) is 80.5 Å². The van der Waals surface area contributed by atoms with E-state index < -0.39 is 0 Å². The Morgan fingerprint density at radius 2 is 2.03 bits per heavy atom. The van der Waals surface area contributed by atoms with Crippen molar-refractivity contribution in [3.8, 4) is 5.75 Å². The van der Waals surface area contributed by atoms with Gasteiger partial charge in [-0.3, -0.25) is 4.98 Å². The third kappa shape index (κ3) is 6.69. The summed E-state index contributed by atoms with van der Waals surface area (Å²) in [4.78, 5) is 14.8. The Hall–Kier alpha value is -3.26. The minimum Gasteiger partial charge on any atom is -0.494 e. The van der Waals surface area contributed by atoms with Crippen molar-refractivity contribution in [1.82, 2.24) is 24.6 Å². The first-order valence-corrected chi connectivity index (χ1v) is 9.55. The Morgan fingerprint density at radius 1 is 1.21 bits per heavy atom. The van der Waals surface area contributed by atoms with Crippen LogP contribution < -0.4 is 10.1 Å². The van der Waals surface area contributed by atoms with E-state index in [0.29, 0.717) is 18.5 Å². The van der Waals surface area contributed by atoms with E-state index in [1.807, 2.05) is 31.3 Å². The Labute approximate surface area is 171 Å². The quantitative estimate of drug-likeness (QED) is 0.421. The van der Waals surface area contributed by atoms with Gasteiger partial charge in [-0.15, -0.1) is 5.10 Å². The number of hydrogen-bond donors (Lipinski definition) is 1. The molecular formula is C21H27N7O. The van der Waals surface area contributed by atoms with Crippen LogP contribution >= 0.6 is 0 Å². The summed E-state index contributed by atoms with van der Waals surface area (Å²) < 4.78 is 7.54. The number of benzene rings is 1. The minimum atomic E-state index is 0.417. The first-order valence-electron chi connectivity index (χ1n) is 9.55. The highest BCUT2D eigenvalue weighted by Crippen LogP contribution is 2.15. The van der Waals surface area contributed by atoms with Crippen molar-refractivity contribution in [1.29, 1.82) is 0 Å². The predicted octanol–water partition coefficient (Wildman–Crippen LogP) is 2.90. The predicted molar refractivity (Wildman–Crippen MR) is 115 cm³/mol. The molecule has 0 atom stereocenters. The molecule has 0 unspecified atom stereocenters. The molecule has 0 saturated heterocycles. The summed E-state index contributed by atoms with van der Waals surface area (Å²) in [7, 11) is 5.95. The number of aryl methyl sites for hydroxylation is 1. The number of anilines is 1. The van der Waals surface area contributed by atoms with Gasteiger partial charge in [0.1, 0.15) is 5.75 Å². The third-order valence-corrected chi connectivity index (χ3v) is 4.06. The van der Waals surface area contributed by atoms with Crippen molar-refractivity contribution in [2.45, 2.75) is 13.0 Å². The van der Waals surface area contributed by atoms with Gasteiger partial charge in [0.25, 0.3) is 5.95 Å². The lowest BCUT2D eigenvalue weighted by molar-refractivity contribution is 0.313. The fraction of sp³-hybridized carbons (Fsp3) is 0.333. The molecule has 0 aliphatic rings. The van der Waals surface area contributed by atoms with Crippen LogP contribution in [0.15, 0.2) is 53.8 Å². The molecule has 3 aromatic rings. The standard InChI is InChI=1S/C21H27N7O/c1-27(2)16-18-6-4-7-19(14-18)29-13-5-10-23-21-25-20(26-28(21)3)24-15-17-8-11-22-12-9-17/h4,6-9,11-12,14-15H,5,10,13,16H2,1-3H3,(H,23,25,26). The lowest BCUT2D eigenvalue weighted by Gasteiger charge is -2.12. The average Bonchev–Trinajstić information content (AvgIpc) is 3.06. The summed E-state index contributed by atoms with van der Waals surface area (Å²) in [5, 5.41) is 7.57. The van der Waals surface area contributed by atoms with Crippen molar-refractivity contribution in [2.75, 3.05) is 32.6 Å². The average molecular weight is 393 g/mol. The van der Waals surface area contributed by atoms with Crippen LogP contribution in [-0.2, 0) is 13.6 Å². The van der Waals surface area contributed by atoms with Gasteiger partial charge in [0.15, 0.2) is 0 Å². The van der Waals surface area contributed by atoms with E-state index in [1.54, 1.807) is 23.3 Å². The Bertz CT molecular complexity index is 922. The maximum absolute atomic E-state index is 5.86. The molecule has 0 fully saturated rings. The lowest BCUT2D eigenvalue weighted by Crippen LogP contribution is -2.11. The summed E-state index contributed by atoms with van der Waals surface area (Å²) >= 11 is 0. The Kier molecular flexibility index (Phi) is 7.29. The van der Waals surface area contributed by atoms with Crippen molar-refractivity contribution in [3.05, 3.63) is 59.9 Å². The van der Waals surface area contributed by atoms with Crippen LogP contribution in [0.1, 0.15) is 17.5 Å². The van der Waals surface area contributed by atoms with Crippen LogP contribution in [0.5, 0.6) is 5.75 Å². The zero-order valence-corrected chi connectivity index (χ0v) is 17.1. The fourth-order valence-electron chi connectivity index (χ4n) is 2.72. The van der Waals surface area contributed by atoms with Gasteiger partial charge in [-0.05, 0) is 55.9 Å². The number of nitrogens with zero attached hydrogens (tertiary/aromatic N) is 6. The zero-order chi connectivity index (χ0) is 20.5. The Morgan fingerprint density at radius 3 is 2.83 bits per heavy atom. The zero-order valence-electron chi connectivity index (χ0n) is 17.1. The van der Waals surface area contributed by atoms with Gasteiger partial charge < -0.3 is 15.0 Å². The van der Waals surface area contributed by atoms with Crippen LogP contribution in [0.25, 0.3) is 0 Å². The number of rotatable bonds is 10. The highest BCUT2D eigenvalue weighted by molar-refractivity contribution is 5.80. The molecule has 0 saturated carbocycles. The molecule has 2 heterocycles. The van der Waals surface area contributed by atoms with Gasteiger partial charge >= 0.3 is 0 Å². The minimum absolute atomic E-state index is 0.417. The smallest absolute Gasteiger partial charge is 0.270 e. The first kappa shape index (κ1) is 20.5. The normalized spacial score (nSPS) is 11.3. The molecule has 0 aliphatic heterocycles. The van der Waals surface area contributed by atoms with Crippen molar-refractivity contribution in [3.63, 3.8) is 0 Å². The third-order valence-electron chi connectivity index (χ3n) is 4.06. The van der Waals surface area contributed by atoms with E-state index in [4.69, 9.17) is 4.74 Å². The number of nitrogens with one attached hydrogen (secondary N) is 1. The van der Waals surface area contributed by atoms with Crippen molar-refractivity contribution in [2.24, 2.45) is 12.0 Å². The maximum Gasteiger partial charge on any atom is 0.270 e. The SMILES string of the molecule is CN(C)Cc1cccc(OCCCNc2nc(N=Cc3ccncc3)nn2C)c1. The van der Waals surface area contributed by atoms with E-state index in [0.717, 1.165) is 30.8 Å². The molecule has 0 spiro atoms. The molecule has 0 radical (unpaired) electrons. The molecule has 152 valence electrons. The van der Waals surface area contributed by atoms with Crippen LogP contribution in [0, 0.1) is 0 Å². The molecular weight excluding hydrogens is 366 g/mol. The number of pyridine rings is 1. The van der Waals surface area contributed by atoms with Crippen LogP contribution in [0.3, 0.4) is 0 Å². The highest BCUT2D eigenvalue weighted by atomic mass is 16.5. The van der Waals surface area contributed by atoms with Gasteiger partial charge in [0.05, 0.1) is 6.61 Å². The summed E-state index contributed by atoms with van der Waals surface area (Å²) in [5.41, 5.74) is 2.19. The molecule has 0 aliphatic carbocycles. The van der Waals surface area contributed by atoms with Gasteiger partial charge in [-0.1, -0.05) is 12.1 Å². The molecule has 8 nitrogen and oxygen atoms in total. The molecule has 0 bridgehead atoms. The number of ether oxygens (including phenoxy) is 1. The summed E-state index contributed by atoms with van der Waals surface area (Å²) in [6, 6.07) is 12.0. The molecule has 0 amide bonds. The lowest BCUT2D eigenvalue weighted by atomic mass is 10.2. The van der Waals surface area contributed by atoms with Gasteiger partial charge in [0, 0.05) is 38.7 Å². The largest absolute Gasteiger partial charge is 0.494 e. The van der Waals surface area contributed by atoms with Crippen LogP contribution in [0.4, 0.5) is 11.9 Å².